The Hall–Kier alpha value is -3.13. The predicted molar refractivity (Wildman–Crippen MR) is 166 cm³/mol. The summed E-state index contributed by atoms with van der Waals surface area (Å²) in [6.07, 6.45) is 5.10. The highest BCUT2D eigenvalue weighted by molar-refractivity contribution is 6.30. The van der Waals surface area contributed by atoms with Gasteiger partial charge in [0.25, 0.3) is 0 Å². The molecule has 0 radical (unpaired) electrons. The Morgan fingerprint density at radius 1 is 1.02 bits per heavy atom. The maximum absolute atomic E-state index is 12.8. The van der Waals surface area contributed by atoms with E-state index in [1.807, 2.05) is 42.5 Å². The van der Waals surface area contributed by atoms with Crippen molar-refractivity contribution in [1.82, 2.24) is 20.1 Å². The molecule has 1 aromatic heterocycles. The van der Waals surface area contributed by atoms with Crippen molar-refractivity contribution < 1.29 is 9.53 Å². The second-order valence-corrected chi connectivity index (χ2v) is 11.6. The molecule has 2 saturated heterocycles. The normalized spacial score (nSPS) is 20.1. The third kappa shape index (κ3) is 8.22. The van der Waals surface area contributed by atoms with Crippen LogP contribution in [0.25, 0.3) is 0 Å². The van der Waals surface area contributed by atoms with Crippen molar-refractivity contribution in [1.29, 1.82) is 0 Å². The van der Waals surface area contributed by atoms with E-state index in [9.17, 15) is 4.79 Å². The molecule has 1 N–H and O–H groups in total. The average Bonchev–Trinajstić information content (AvgIpc) is 3.01. The molecule has 2 aromatic carbocycles. The first-order chi connectivity index (χ1) is 20.1. The molecular formula is C33H42ClN5O2. The van der Waals surface area contributed by atoms with Gasteiger partial charge in [-0.15, -0.1) is 0 Å². The fourth-order valence-electron chi connectivity index (χ4n) is 6.36. The molecule has 0 aliphatic carbocycles. The molecule has 5 rings (SSSR count). The van der Waals surface area contributed by atoms with Gasteiger partial charge in [0.1, 0.15) is 5.75 Å². The topological polar surface area (TPSA) is 60.9 Å². The number of pyridine rings is 1. The number of piperazine rings is 1. The molecule has 3 heterocycles. The van der Waals surface area contributed by atoms with Crippen LogP contribution in [-0.2, 0) is 17.8 Å². The van der Waals surface area contributed by atoms with Crippen LogP contribution in [0.2, 0.25) is 5.02 Å². The number of hydrogen-bond donors (Lipinski definition) is 1. The quantitative estimate of drug-likeness (QED) is 0.351. The lowest BCUT2D eigenvalue weighted by Gasteiger charge is -2.47. The number of amides is 1. The second kappa shape index (κ2) is 14.7. The van der Waals surface area contributed by atoms with E-state index >= 15 is 0 Å². The van der Waals surface area contributed by atoms with Crippen LogP contribution in [0.5, 0.6) is 5.75 Å². The number of hydrogen-bond acceptors (Lipinski definition) is 6. The molecule has 7 nitrogen and oxygen atoms in total. The number of likely N-dealkylation sites (tertiary alicyclic amines) is 1. The molecule has 2 aliphatic rings. The number of carbonyl (C=O) groups excluding carboxylic acids is 1. The Labute approximate surface area is 249 Å². The van der Waals surface area contributed by atoms with Crippen LogP contribution < -0.4 is 15.0 Å². The number of anilines is 1. The van der Waals surface area contributed by atoms with Gasteiger partial charge in [0, 0.05) is 81.6 Å². The van der Waals surface area contributed by atoms with Crippen LogP contribution in [0.15, 0.2) is 72.9 Å². The zero-order chi connectivity index (χ0) is 28.4. The Kier molecular flexibility index (Phi) is 10.5. The Morgan fingerprint density at radius 2 is 1.85 bits per heavy atom. The minimum absolute atomic E-state index is 0.132. The van der Waals surface area contributed by atoms with Gasteiger partial charge in [-0.3, -0.25) is 19.6 Å². The molecule has 41 heavy (non-hydrogen) atoms. The van der Waals surface area contributed by atoms with Gasteiger partial charge in [-0.05, 0) is 67.3 Å². The van der Waals surface area contributed by atoms with Gasteiger partial charge in [-0.1, -0.05) is 41.9 Å². The number of piperidine rings is 1. The maximum atomic E-state index is 12.8. The van der Waals surface area contributed by atoms with Crippen molar-refractivity contribution in [3.63, 3.8) is 0 Å². The molecule has 218 valence electrons. The van der Waals surface area contributed by atoms with Gasteiger partial charge in [-0.25, -0.2) is 0 Å². The number of ether oxygens (including phenoxy) is 1. The molecule has 0 spiro atoms. The zero-order valence-corrected chi connectivity index (χ0v) is 24.8. The highest BCUT2D eigenvalue weighted by Gasteiger charge is 2.35. The molecular weight excluding hydrogens is 534 g/mol. The third-order valence-electron chi connectivity index (χ3n) is 8.45. The minimum atomic E-state index is 0.132. The lowest BCUT2D eigenvalue weighted by molar-refractivity contribution is -0.121. The summed E-state index contributed by atoms with van der Waals surface area (Å²) in [6.45, 7) is 7.54. The van der Waals surface area contributed by atoms with Crippen molar-refractivity contribution in [2.75, 3.05) is 57.8 Å². The smallest absolute Gasteiger partial charge is 0.220 e. The van der Waals surface area contributed by atoms with E-state index in [2.05, 4.69) is 49.3 Å². The number of halogens is 1. The number of benzene rings is 2. The number of rotatable bonds is 11. The van der Waals surface area contributed by atoms with E-state index in [0.717, 1.165) is 81.5 Å². The number of aromatic nitrogens is 1. The molecule has 1 amide bonds. The Balaban J connectivity index is 1.19. The summed E-state index contributed by atoms with van der Waals surface area (Å²) in [4.78, 5) is 24.8. The standard InChI is InChI=1S/C33H42ClN5O2/c1-41-32-11-3-2-10-31(32)39-21-19-38(20-22-39)30-15-18-37(24-26-7-6-8-28(34)23-26)25-27(30)12-13-33(40)36-17-14-29-9-4-5-16-35-29/h2-11,16,23,27,30H,12-15,17-22,24-25H2,1H3,(H,36,40)/t27-,30+/m0/s1. The SMILES string of the molecule is COc1ccccc1N1CCN([C@@H]2CCN(Cc3cccc(Cl)c3)C[C@@H]2CCC(=O)NCCc2ccccn2)CC1. The molecule has 0 saturated carbocycles. The molecule has 8 heteroatoms. The van der Waals surface area contributed by atoms with Crippen molar-refractivity contribution in [3.8, 4) is 5.75 Å². The Morgan fingerprint density at radius 3 is 2.63 bits per heavy atom. The van der Waals surface area contributed by atoms with Crippen LogP contribution in [0.1, 0.15) is 30.5 Å². The Bertz CT molecular complexity index is 1250. The van der Waals surface area contributed by atoms with Gasteiger partial charge < -0.3 is 15.0 Å². The lowest BCUT2D eigenvalue weighted by Crippen LogP contribution is -2.56. The van der Waals surface area contributed by atoms with E-state index in [4.69, 9.17) is 16.3 Å². The first kappa shape index (κ1) is 29.4. The molecule has 2 fully saturated rings. The maximum Gasteiger partial charge on any atom is 0.220 e. The van der Waals surface area contributed by atoms with Crippen LogP contribution in [-0.4, -0.2) is 79.7 Å². The first-order valence-corrected chi connectivity index (χ1v) is 15.2. The summed E-state index contributed by atoms with van der Waals surface area (Å²) in [5.41, 5.74) is 3.42. The molecule has 0 bridgehead atoms. The predicted octanol–water partition coefficient (Wildman–Crippen LogP) is 4.90. The van der Waals surface area contributed by atoms with Crippen LogP contribution >= 0.6 is 11.6 Å². The summed E-state index contributed by atoms with van der Waals surface area (Å²) in [5.74, 6) is 1.50. The zero-order valence-electron chi connectivity index (χ0n) is 24.1. The number of nitrogens with one attached hydrogen (secondary N) is 1. The van der Waals surface area contributed by atoms with E-state index in [-0.39, 0.29) is 5.91 Å². The summed E-state index contributed by atoms with van der Waals surface area (Å²) < 4.78 is 5.62. The molecule has 0 unspecified atom stereocenters. The molecule has 2 aliphatic heterocycles. The van der Waals surface area contributed by atoms with Gasteiger partial charge in [0.05, 0.1) is 12.8 Å². The highest BCUT2D eigenvalue weighted by atomic mass is 35.5. The number of methoxy groups -OCH3 is 1. The van der Waals surface area contributed by atoms with Crippen molar-refractivity contribution in [3.05, 3.63) is 89.2 Å². The molecule has 2 atom stereocenters. The van der Waals surface area contributed by atoms with Gasteiger partial charge in [0.15, 0.2) is 0 Å². The van der Waals surface area contributed by atoms with Crippen molar-refractivity contribution in [2.24, 2.45) is 5.92 Å². The first-order valence-electron chi connectivity index (χ1n) is 14.8. The summed E-state index contributed by atoms with van der Waals surface area (Å²) in [7, 11) is 1.74. The van der Waals surface area contributed by atoms with Gasteiger partial charge in [-0.2, -0.15) is 0 Å². The summed E-state index contributed by atoms with van der Waals surface area (Å²) in [6, 6.07) is 22.8. The number of para-hydroxylation sites is 2. The lowest BCUT2D eigenvalue weighted by atomic mass is 9.86. The summed E-state index contributed by atoms with van der Waals surface area (Å²) >= 11 is 6.27. The fraction of sp³-hybridized carbons (Fsp3) is 0.455. The number of carbonyl (C=O) groups is 1. The van der Waals surface area contributed by atoms with Crippen molar-refractivity contribution >= 4 is 23.2 Å². The van der Waals surface area contributed by atoms with Crippen LogP contribution in [0.3, 0.4) is 0 Å². The van der Waals surface area contributed by atoms with E-state index in [1.165, 1.54) is 11.3 Å². The minimum Gasteiger partial charge on any atom is -0.495 e. The monoisotopic (exact) mass is 575 g/mol. The average molecular weight is 576 g/mol. The van der Waals surface area contributed by atoms with Gasteiger partial charge in [0.2, 0.25) is 5.91 Å². The fourth-order valence-corrected chi connectivity index (χ4v) is 6.58. The molecule has 3 aromatic rings. The van der Waals surface area contributed by atoms with Crippen molar-refractivity contribution in [2.45, 2.75) is 38.3 Å². The van der Waals surface area contributed by atoms with Gasteiger partial charge >= 0.3 is 0 Å². The summed E-state index contributed by atoms with van der Waals surface area (Å²) in [5, 5.41) is 3.90. The highest BCUT2D eigenvalue weighted by Crippen LogP contribution is 2.32. The number of nitrogens with zero attached hydrogens (tertiary/aromatic N) is 4. The van der Waals surface area contributed by atoms with Crippen LogP contribution in [0.4, 0.5) is 5.69 Å². The second-order valence-electron chi connectivity index (χ2n) is 11.1. The van der Waals surface area contributed by atoms with E-state index < -0.39 is 0 Å². The largest absolute Gasteiger partial charge is 0.495 e. The van der Waals surface area contributed by atoms with Crippen LogP contribution in [0, 0.1) is 5.92 Å². The van der Waals surface area contributed by atoms with E-state index in [0.29, 0.717) is 24.9 Å². The van der Waals surface area contributed by atoms with E-state index in [1.54, 1.807) is 13.3 Å². The third-order valence-corrected chi connectivity index (χ3v) is 8.69.